The lowest BCUT2D eigenvalue weighted by Crippen LogP contribution is -2.23. The van der Waals surface area contributed by atoms with Gasteiger partial charge in [0.1, 0.15) is 18.2 Å². The molecule has 0 spiro atoms. The van der Waals surface area contributed by atoms with Crippen LogP contribution in [0.25, 0.3) is 6.08 Å². The standard InChI is InChI=1S/C21H13F3N2O3S/c1-11(27)26(18-6-5-13(22)8-17(18)24)21-25-14(10-30-21)7-12-9-29-20-15(19(12)28)3-2-4-16(20)23/h2-8,10H,9H2,1H3/b12-7+. The lowest BCUT2D eigenvalue weighted by Gasteiger charge is -2.19. The van der Waals surface area contributed by atoms with Crippen molar-refractivity contribution in [2.24, 2.45) is 0 Å². The number of anilines is 2. The molecule has 1 aliphatic heterocycles. The maximum atomic E-state index is 14.2. The number of hydrogen-bond acceptors (Lipinski definition) is 5. The molecule has 5 nitrogen and oxygen atoms in total. The zero-order valence-corrected chi connectivity index (χ0v) is 16.3. The van der Waals surface area contributed by atoms with E-state index in [4.69, 9.17) is 4.74 Å². The Kier molecular flexibility index (Phi) is 5.13. The minimum atomic E-state index is -0.908. The van der Waals surface area contributed by atoms with Crippen molar-refractivity contribution >= 4 is 39.9 Å². The molecule has 0 unspecified atom stereocenters. The fourth-order valence-electron chi connectivity index (χ4n) is 3.02. The normalized spacial score (nSPS) is 14.4. The Labute approximate surface area is 173 Å². The second kappa shape index (κ2) is 7.75. The van der Waals surface area contributed by atoms with Gasteiger partial charge in [-0.2, -0.15) is 0 Å². The van der Waals surface area contributed by atoms with Gasteiger partial charge in [-0.15, -0.1) is 11.3 Å². The van der Waals surface area contributed by atoms with Crippen LogP contribution in [0.5, 0.6) is 5.75 Å². The third-order valence-corrected chi connectivity index (χ3v) is 5.21. The number of para-hydroxylation sites is 1. The second-order valence-electron chi connectivity index (χ2n) is 6.41. The first-order valence-corrected chi connectivity index (χ1v) is 9.61. The molecule has 0 saturated carbocycles. The monoisotopic (exact) mass is 430 g/mol. The number of rotatable bonds is 3. The molecule has 0 radical (unpaired) electrons. The highest BCUT2D eigenvalue weighted by Crippen LogP contribution is 2.33. The molecule has 2 heterocycles. The number of halogens is 3. The van der Waals surface area contributed by atoms with Gasteiger partial charge in [0, 0.05) is 23.9 Å². The van der Waals surface area contributed by atoms with Crippen LogP contribution in [0.15, 0.2) is 47.4 Å². The van der Waals surface area contributed by atoms with Crippen molar-refractivity contribution in [3.8, 4) is 5.75 Å². The van der Waals surface area contributed by atoms with Crippen LogP contribution in [0.4, 0.5) is 24.0 Å². The lowest BCUT2D eigenvalue weighted by molar-refractivity contribution is -0.115. The van der Waals surface area contributed by atoms with E-state index in [2.05, 4.69) is 4.98 Å². The quantitative estimate of drug-likeness (QED) is 0.555. The number of carbonyl (C=O) groups is 2. The van der Waals surface area contributed by atoms with E-state index in [9.17, 15) is 22.8 Å². The SMILES string of the molecule is CC(=O)N(c1nc(/C=C2\COc3c(F)cccc3C2=O)cs1)c1ccc(F)cc1F. The topological polar surface area (TPSA) is 59.5 Å². The molecule has 0 saturated heterocycles. The smallest absolute Gasteiger partial charge is 0.230 e. The maximum Gasteiger partial charge on any atom is 0.230 e. The second-order valence-corrected chi connectivity index (χ2v) is 7.25. The van der Waals surface area contributed by atoms with E-state index in [0.717, 1.165) is 28.4 Å². The Bertz CT molecular complexity index is 1210. The number of benzene rings is 2. The summed E-state index contributed by atoms with van der Waals surface area (Å²) < 4.78 is 46.6. The predicted octanol–water partition coefficient (Wildman–Crippen LogP) is 4.90. The number of carbonyl (C=O) groups excluding carboxylic acids is 2. The number of ether oxygens (including phenoxy) is 1. The third kappa shape index (κ3) is 3.59. The summed E-state index contributed by atoms with van der Waals surface area (Å²) in [5.74, 6) is -3.29. The Morgan fingerprint density at radius 3 is 2.73 bits per heavy atom. The molecule has 9 heteroatoms. The van der Waals surface area contributed by atoms with E-state index >= 15 is 0 Å². The number of amides is 1. The molecule has 1 amide bonds. The third-order valence-electron chi connectivity index (χ3n) is 4.36. The van der Waals surface area contributed by atoms with Crippen molar-refractivity contribution in [1.29, 1.82) is 0 Å². The molecule has 0 bridgehead atoms. The van der Waals surface area contributed by atoms with Crippen molar-refractivity contribution in [2.75, 3.05) is 11.5 Å². The van der Waals surface area contributed by atoms with Crippen molar-refractivity contribution < 1.29 is 27.5 Å². The molecule has 3 aromatic rings. The molecule has 1 aromatic heterocycles. The fraction of sp³-hybridized carbons (Fsp3) is 0.0952. The van der Waals surface area contributed by atoms with Crippen LogP contribution in [-0.4, -0.2) is 23.3 Å². The summed E-state index contributed by atoms with van der Waals surface area (Å²) in [5.41, 5.74) is 0.573. The first-order chi connectivity index (χ1) is 14.3. The molecular weight excluding hydrogens is 417 g/mol. The van der Waals surface area contributed by atoms with Crippen LogP contribution in [0.2, 0.25) is 0 Å². The van der Waals surface area contributed by atoms with Crippen LogP contribution in [0.3, 0.4) is 0 Å². The lowest BCUT2D eigenvalue weighted by atomic mass is 9.99. The molecular formula is C21H13F3N2O3S. The average molecular weight is 430 g/mol. The first kappa shape index (κ1) is 19.8. The summed E-state index contributed by atoms with van der Waals surface area (Å²) in [7, 11) is 0. The van der Waals surface area contributed by atoms with Gasteiger partial charge in [0.2, 0.25) is 5.91 Å². The van der Waals surface area contributed by atoms with Gasteiger partial charge in [0.15, 0.2) is 22.5 Å². The van der Waals surface area contributed by atoms with Crippen molar-refractivity contribution in [3.63, 3.8) is 0 Å². The van der Waals surface area contributed by atoms with E-state index < -0.39 is 29.1 Å². The van der Waals surface area contributed by atoms with E-state index in [1.165, 1.54) is 31.2 Å². The highest BCUT2D eigenvalue weighted by molar-refractivity contribution is 7.14. The van der Waals surface area contributed by atoms with Crippen LogP contribution in [-0.2, 0) is 4.79 Å². The maximum absolute atomic E-state index is 14.2. The number of aromatic nitrogens is 1. The van der Waals surface area contributed by atoms with Gasteiger partial charge in [0.05, 0.1) is 16.9 Å². The summed E-state index contributed by atoms with van der Waals surface area (Å²) in [6.07, 6.45) is 1.47. The van der Waals surface area contributed by atoms with Crippen LogP contribution in [0.1, 0.15) is 23.0 Å². The summed E-state index contributed by atoms with van der Waals surface area (Å²) >= 11 is 1.05. The van der Waals surface area contributed by atoms with Gasteiger partial charge in [-0.3, -0.25) is 14.5 Å². The number of Topliss-reactive ketones (excluding diaryl/α,β-unsaturated/α-hetero) is 1. The first-order valence-electron chi connectivity index (χ1n) is 8.73. The Morgan fingerprint density at radius 2 is 2.00 bits per heavy atom. The number of fused-ring (bicyclic) bond motifs is 1. The number of ketones is 1. The molecule has 0 atom stereocenters. The largest absolute Gasteiger partial charge is 0.485 e. The van der Waals surface area contributed by atoms with E-state index in [-0.39, 0.29) is 34.3 Å². The summed E-state index contributed by atoms with van der Waals surface area (Å²) in [5, 5.41) is 1.73. The van der Waals surface area contributed by atoms with Crippen LogP contribution in [0, 0.1) is 17.5 Å². The zero-order chi connectivity index (χ0) is 21.4. The van der Waals surface area contributed by atoms with E-state index in [0.29, 0.717) is 11.8 Å². The molecule has 0 fully saturated rings. The van der Waals surface area contributed by atoms with Crippen molar-refractivity contribution in [2.45, 2.75) is 6.92 Å². The molecule has 0 N–H and O–H groups in total. The van der Waals surface area contributed by atoms with Gasteiger partial charge in [-0.1, -0.05) is 6.07 Å². The van der Waals surface area contributed by atoms with Gasteiger partial charge < -0.3 is 4.74 Å². The average Bonchev–Trinajstić information content (AvgIpc) is 3.14. The molecule has 2 aromatic carbocycles. The van der Waals surface area contributed by atoms with Gasteiger partial charge in [-0.05, 0) is 30.3 Å². The zero-order valence-electron chi connectivity index (χ0n) is 15.5. The number of hydrogen-bond donors (Lipinski definition) is 0. The van der Waals surface area contributed by atoms with Gasteiger partial charge >= 0.3 is 0 Å². The van der Waals surface area contributed by atoms with E-state index in [1.807, 2.05) is 0 Å². The minimum Gasteiger partial charge on any atom is -0.485 e. The molecule has 30 heavy (non-hydrogen) atoms. The molecule has 0 aliphatic carbocycles. The van der Waals surface area contributed by atoms with E-state index in [1.54, 1.807) is 5.38 Å². The molecule has 4 rings (SSSR count). The Hall–Kier alpha value is -3.46. The van der Waals surface area contributed by atoms with Crippen LogP contribution >= 0.6 is 11.3 Å². The van der Waals surface area contributed by atoms with Crippen LogP contribution < -0.4 is 9.64 Å². The fourth-order valence-corrected chi connectivity index (χ4v) is 3.86. The molecule has 152 valence electrons. The Balaban J connectivity index is 1.67. The van der Waals surface area contributed by atoms with Gasteiger partial charge in [0.25, 0.3) is 0 Å². The predicted molar refractivity (Wildman–Crippen MR) is 105 cm³/mol. The van der Waals surface area contributed by atoms with Gasteiger partial charge in [-0.25, -0.2) is 18.2 Å². The summed E-state index contributed by atoms with van der Waals surface area (Å²) in [6.45, 7) is 1.09. The number of thiazole rings is 1. The highest BCUT2D eigenvalue weighted by Gasteiger charge is 2.26. The van der Waals surface area contributed by atoms with Crippen molar-refractivity contribution in [1.82, 2.24) is 4.98 Å². The molecule has 1 aliphatic rings. The Morgan fingerprint density at radius 1 is 1.20 bits per heavy atom. The summed E-state index contributed by atoms with van der Waals surface area (Å²) in [6, 6.07) is 6.96. The number of nitrogens with zero attached hydrogens (tertiary/aromatic N) is 2. The van der Waals surface area contributed by atoms with Crippen molar-refractivity contribution in [3.05, 3.63) is 76.1 Å². The highest BCUT2D eigenvalue weighted by atomic mass is 32.1. The minimum absolute atomic E-state index is 0.0897. The summed E-state index contributed by atoms with van der Waals surface area (Å²) in [4.78, 5) is 30.0.